The quantitative estimate of drug-likeness (QED) is 0.327. The van der Waals surface area contributed by atoms with Gasteiger partial charge < -0.3 is 14.7 Å². The van der Waals surface area contributed by atoms with Crippen molar-refractivity contribution in [3.63, 3.8) is 0 Å². The summed E-state index contributed by atoms with van der Waals surface area (Å²) in [4.78, 5) is 28.1. The Kier molecular flexibility index (Phi) is 6.02. The van der Waals surface area contributed by atoms with Crippen LogP contribution in [-0.2, 0) is 16.2 Å². The Balaban J connectivity index is 1.58. The minimum Gasteiger partial charge on any atom is -0.507 e. The molecule has 1 amide bonds. The highest BCUT2D eigenvalue weighted by molar-refractivity contribution is 6.51. The lowest BCUT2D eigenvalue weighted by Gasteiger charge is -2.34. The Labute approximate surface area is 197 Å². The van der Waals surface area contributed by atoms with Gasteiger partial charge in [0, 0.05) is 22.9 Å². The molecule has 174 valence electrons. The van der Waals surface area contributed by atoms with Crippen LogP contribution in [0.4, 0.5) is 5.69 Å². The lowest BCUT2D eigenvalue weighted by Crippen LogP contribution is -2.40. The zero-order valence-corrected chi connectivity index (χ0v) is 18.7. The molecule has 1 aliphatic carbocycles. The molecule has 34 heavy (non-hydrogen) atoms. The summed E-state index contributed by atoms with van der Waals surface area (Å²) in [6, 6.07) is 15.3. The Bertz CT molecular complexity index is 1210. The van der Waals surface area contributed by atoms with Crippen molar-refractivity contribution in [3.8, 4) is 11.3 Å². The van der Waals surface area contributed by atoms with Crippen LogP contribution in [0.25, 0.3) is 17.0 Å². The van der Waals surface area contributed by atoms with Gasteiger partial charge in [-0.1, -0.05) is 60.8 Å². The number of aromatic nitrogens is 1. The van der Waals surface area contributed by atoms with Crippen LogP contribution in [0.2, 0.25) is 0 Å². The van der Waals surface area contributed by atoms with Gasteiger partial charge in [0.1, 0.15) is 17.7 Å². The lowest BCUT2D eigenvalue weighted by molar-refractivity contribution is -0.132. The average Bonchev–Trinajstić information content (AvgIpc) is 3.52. The van der Waals surface area contributed by atoms with E-state index in [1.807, 2.05) is 12.1 Å². The highest BCUT2D eigenvalue weighted by Crippen LogP contribution is 2.41. The number of amides is 1. The zero-order chi connectivity index (χ0) is 23.7. The fourth-order valence-electron chi connectivity index (χ4n) is 5.11. The summed E-state index contributed by atoms with van der Waals surface area (Å²) in [5, 5.41) is 24.5. The van der Waals surface area contributed by atoms with E-state index in [0.717, 1.165) is 37.7 Å². The molecule has 7 heteroatoms. The number of anilines is 1. The van der Waals surface area contributed by atoms with Crippen LogP contribution in [0.1, 0.15) is 43.2 Å². The number of aliphatic hydroxyl groups excluding tert-OH is 2. The van der Waals surface area contributed by atoms with Gasteiger partial charge >= 0.3 is 0 Å². The fraction of sp³-hybridized carbons (Fsp3) is 0.296. The van der Waals surface area contributed by atoms with Gasteiger partial charge in [0.2, 0.25) is 0 Å². The Morgan fingerprint density at radius 2 is 1.68 bits per heavy atom. The van der Waals surface area contributed by atoms with Crippen LogP contribution in [0, 0.1) is 5.92 Å². The number of aliphatic hydroxyl groups is 2. The predicted octanol–water partition coefficient (Wildman–Crippen LogP) is 4.67. The highest BCUT2D eigenvalue weighted by Gasteiger charge is 2.49. The molecule has 0 radical (unpaired) electrons. The number of rotatable bonds is 5. The smallest absolute Gasteiger partial charge is 0.299 e. The van der Waals surface area contributed by atoms with Crippen LogP contribution in [-0.4, -0.2) is 33.1 Å². The molecular formula is C27H26N2O5. The first-order valence-electron chi connectivity index (χ1n) is 11.6. The topological polar surface area (TPSA) is 104 Å². The zero-order valence-electron chi connectivity index (χ0n) is 18.7. The minimum absolute atomic E-state index is 0.0771. The van der Waals surface area contributed by atoms with E-state index in [9.17, 15) is 19.8 Å². The molecule has 1 unspecified atom stereocenters. The van der Waals surface area contributed by atoms with Crippen molar-refractivity contribution in [3.05, 3.63) is 77.6 Å². The van der Waals surface area contributed by atoms with Crippen LogP contribution in [0.3, 0.4) is 0 Å². The molecule has 1 aliphatic heterocycles. The molecule has 1 saturated carbocycles. The SMILES string of the molecule is O=C1C(=O)N(c2ccc(-c3ccon3)cc2)C(C2CCCCC2)/C1=C(/O)c1ccc(CO)cc1. The molecule has 1 aromatic heterocycles. The maximum Gasteiger partial charge on any atom is 0.299 e. The van der Waals surface area contributed by atoms with Crippen molar-refractivity contribution in [2.24, 2.45) is 5.92 Å². The van der Waals surface area contributed by atoms with Crippen molar-refractivity contribution in [2.45, 2.75) is 44.8 Å². The van der Waals surface area contributed by atoms with Gasteiger partial charge in [-0.2, -0.15) is 0 Å². The molecule has 0 bridgehead atoms. The number of hydrogen-bond acceptors (Lipinski definition) is 6. The third-order valence-corrected chi connectivity index (χ3v) is 6.87. The standard InChI is InChI=1S/C27H26N2O5/c30-16-17-6-8-20(9-7-17)25(31)23-24(19-4-2-1-3-5-19)29(27(33)26(23)32)21-12-10-18(11-13-21)22-14-15-34-28-22/h6-15,19,24,30-31H,1-5,16H2/b25-23-. The van der Waals surface area contributed by atoms with Gasteiger partial charge in [-0.15, -0.1) is 0 Å². The second-order valence-electron chi connectivity index (χ2n) is 8.90. The van der Waals surface area contributed by atoms with Crippen molar-refractivity contribution in [1.29, 1.82) is 0 Å². The Morgan fingerprint density at radius 1 is 0.971 bits per heavy atom. The maximum absolute atomic E-state index is 13.3. The van der Waals surface area contributed by atoms with Crippen LogP contribution >= 0.6 is 0 Å². The van der Waals surface area contributed by atoms with E-state index in [2.05, 4.69) is 5.16 Å². The van der Waals surface area contributed by atoms with Crippen molar-refractivity contribution in [2.75, 3.05) is 4.90 Å². The van der Waals surface area contributed by atoms with E-state index in [-0.39, 0.29) is 23.9 Å². The summed E-state index contributed by atoms with van der Waals surface area (Å²) in [5.41, 5.74) is 3.45. The van der Waals surface area contributed by atoms with Crippen molar-refractivity contribution < 1.29 is 24.3 Å². The normalized spacial score (nSPS) is 20.7. The number of Topliss-reactive ketones (excluding diaryl/α,β-unsaturated/α-hetero) is 1. The van der Waals surface area contributed by atoms with Crippen molar-refractivity contribution in [1.82, 2.24) is 5.16 Å². The van der Waals surface area contributed by atoms with Crippen molar-refractivity contribution >= 4 is 23.1 Å². The number of benzene rings is 2. The Morgan fingerprint density at radius 3 is 2.29 bits per heavy atom. The first-order chi connectivity index (χ1) is 16.6. The summed E-state index contributed by atoms with van der Waals surface area (Å²) < 4.78 is 4.92. The van der Waals surface area contributed by atoms with Crippen LogP contribution in [0.15, 0.2) is 71.0 Å². The largest absolute Gasteiger partial charge is 0.507 e. The average molecular weight is 459 g/mol. The molecule has 1 atom stereocenters. The predicted molar refractivity (Wildman–Crippen MR) is 127 cm³/mol. The summed E-state index contributed by atoms with van der Waals surface area (Å²) >= 11 is 0. The molecule has 2 heterocycles. The molecule has 2 fully saturated rings. The molecule has 0 spiro atoms. The minimum atomic E-state index is -0.667. The molecule has 2 N–H and O–H groups in total. The number of hydrogen-bond donors (Lipinski definition) is 2. The molecule has 7 nitrogen and oxygen atoms in total. The monoisotopic (exact) mass is 458 g/mol. The van der Waals surface area contributed by atoms with E-state index in [1.165, 1.54) is 6.26 Å². The molecular weight excluding hydrogens is 432 g/mol. The third kappa shape index (κ3) is 3.92. The van der Waals surface area contributed by atoms with Gasteiger partial charge in [-0.3, -0.25) is 14.5 Å². The summed E-state index contributed by atoms with van der Waals surface area (Å²) in [6.07, 6.45) is 6.46. The van der Waals surface area contributed by atoms with Gasteiger partial charge in [0.15, 0.2) is 0 Å². The second-order valence-corrected chi connectivity index (χ2v) is 8.90. The molecule has 2 aromatic carbocycles. The van der Waals surface area contributed by atoms with E-state index in [1.54, 1.807) is 47.4 Å². The van der Waals surface area contributed by atoms with E-state index < -0.39 is 17.7 Å². The highest BCUT2D eigenvalue weighted by atomic mass is 16.5. The maximum atomic E-state index is 13.3. The van der Waals surface area contributed by atoms with Crippen LogP contribution in [0.5, 0.6) is 0 Å². The summed E-state index contributed by atoms with van der Waals surface area (Å²) in [5.74, 6) is -1.38. The van der Waals surface area contributed by atoms with Gasteiger partial charge in [-0.25, -0.2) is 0 Å². The third-order valence-electron chi connectivity index (χ3n) is 6.87. The number of ketones is 1. The number of nitrogens with zero attached hydrogens (tertiary/aromatic N) is 2. The van der Waals surface area contributed by atoms with Crippen LogP contribution < -0.4 is 4.90 Å². The first kappa shape index (κ1) is 22.1. The number of carbonyl (C=O) groups excluding carboxylic acids is 2. The fourth-order valence-corrected chi connectivity index (χ4v) is 5.11. The lowest BCUT2D eigenvalue weighted by atomic mass is 9.80. The molecule has 5 rings (SSSR count). The first-order valence-corrected chi connectivity index (χ1v) is 11.6. The molecule has 3 aromatic rings. The summed E-state index contributed by atoms with van der Waals surface area (Å²) in [7, 11) is 0. The van der Waals surface area contributed by atoms with E-state index >= 15 is 0 Å². The van der Waals surface area contributed by atoms with E-state index in [0.29, 0.717) is 22.5 Å². The molecule has 2 aliphatic rings. The second kappa shape index (κ2) is 9.27. The summed E-state index contributed by atoms with van der Waals surface area (Å²) in [6.45, 7) is -0.113. The molecule has 1 saturated heterocycles. The van der Waals surface area contributed by atoms with E-state index in [4.69, 9.17) is 4.52 Å². The van der Waals surface area contributed by atoms with Gasteiger partial charge in [0.05, 0.1) is 18.2 Å². The van der Waals surface area contributed by atoms with Gasteiger partial charge in [-0.05, 0) is 36.5 Å². The van der Waals surface area contributed by atoms with Gasteiger partial charge in [0.25, 0.3) is 11.7 Å². The Hall–Kier alpha value is -3.71. The number of carbonyl (C=O) groups is 2.